The Morgan fingerprint density at radius 3 is 2.55 bits per heavy atom. The Morgan fingerprint density at radius 1 is 0.897 bits per heavy atom. The van der Waals surface area contributed by atoms with Gasteiger partial charge in [0.2, 0.25) is 5.71 Å². The second-order valence-electron chi connectivity index (χ2n) is 7.45. The van der Waals surface area contributed by atoms with Crippen molar-refractivity contribution >= 4 is 22.1 Å². The summed E-state index contributed by atoms with van der Waals surface area (Å²) in [7, 11) is 0. The summed E-state index contributed by atoms with van der Waals surface area (Å²) in [6.45, 7) is 3.78. The Balaban J connectivity index is 1.70. The van der Waals surface area contributed by atoms with Crippen LogP contribution in [0.3, 0.4) is 0 Å². The fraction of sp³-hybridized carbons (Fsp3) is 0.154. The highest BCUT2D eigenvalue weighted by Crippen LogP contribution is 2.37. The molecule has 0 amide bonds. The number of furan rings is 1. The molecule has 0 aliphatic carbocycles. The third kappa shape index (κ3) is 3.29. The van der Waals surface area contributed by atoms with Gasteiger partial charge in [0.25, 0.3) is 0 Å². The first-order valence-electron chi connectivity index (χ1n) is 10.8. The zero-order chi connectivity index (χ0) is 21.6. The molecule has 0 atom stereocenters. The zero-order valence-electron chi connectivity index (χ0n) is 18.4. The van der Waals surface area contributed by atoms with Crippen molar-refractivity contribution in [3.8, 4) is 22.4 Å². The lowest BCUT2D eigenvalue weighted by atomic mass is 9.99. The molecule has 5 rings (SSSR count). The van der Waals surface area contributed by atoms with E-state index in [1.54, 1.807) is 18.5 Å². The molecule has 3 heteroatoms. The average molecular weight is 380 g/mol. The quantitative estimate of drug-likeness (QED) is 0.340. The van der Waals surface area contributed by atoms with Crippen molar-refractivity contribution in [1.29, 1.82) is 0 Å². The molecular formula is C26H22N2O. The molecule has 3 heterocycles. The lowest BCUT2D eigenvalue weighted by molar-refractivity contribution is 0.647. The van der Waals surface area contributed by atoms with Crippen LogP contribution in [-0.2, 0) is 6.37 Å². The summed E-state index contributed by atoms with van der Waals surface area (Å²) in [5.41, 5.74) is 5.83. The smallest absolute Gasteiger partial charge is 0.227 e. The summed E-state index contributed by atoms with van der Waals surface area (Å²) >= 11 is 0. The molecule has 0 N–H and O–H groups in total. The number of nitrogens with zero attached hydrogens (tertiary/aromatic N) is 2. The number of benzene rings is 2. The molecule has 3 aromatic heterocycles. The van der Waals surface area contributed by atoms with E-state index >= 15 is 0 Å². The van der Waals surface area contributed by atoms with E-state index in [0.717, 1.165) is 38.7 Å². The molecule has 3 nitrogen and oxygen atoms in total. The van der Waals surface area contributed by atoms with Crippen molar-refractivity contribution in [3.63, 3.8) is 0 Å². The van der Waals surface area contributed by atoms with E-state index < -0.39 is 6.37 Å². The van der Waals surface area contributed by atoms with Crippen LogP contribution < -0.4 is 0 Å². The molecule has 142 valence electrons. The van der Waals surface area contributed by atoms with Gasteiger partial charge in [-0.1, -0.05) is 44.2 Å². The van der Waals surface area contributed by atoms with Crippen LogP contribution in [0.15, 0.2) is 83.5 Å². The molecule has 0 unspecified atom stereocenters. The molecule has 0 aliphatic heterocycles. The lowest BCUT2D eigenvalue weighted by Crippen LogP contribution is -1.95. The van der Waals surface area contributed by atoms with Crippen LogP contribution in [-0.4, -0.2) is 9.97 Å². The molecule has 2 aromatic carbocycles. The maximum absolute atomic E-state index is 8.43. The highest BCUT2D eigenvalue weighted by Gasteiger charge is 2.14. The van der Waals surface area contributed by atoms with Crippen LogP contribution >= 0.6 is 0 Å². The summed E-state index contributed by atoms with van der Waals surface area (Å²) in [5.74, 6) is -0.137. The Kier molecular flexibility index (Phi) is 3.82. The fourth-order valence-electron chi connectivity index (χ4n) is 3.73. The van der Waals surface area contributed by atoms with Gasteiger partial charge in [-0.2, -0.15) is 0 Å². The third-order valence-corrected chi connectivity index (χ3v) is 4.97. The van der Waals surface area contributed by atoms with Crippen LogP contribution in [0.25, 0.3) is 44.5 Å². The molecule has 0 saturated carbocycles. The number of rotatable bonds is 4. The Morgan fingerprint density at radius 2 is 1.72 bits per heavy atom. The SMILES string of the molecule is [2H]C([2H])(c1ccnc(-c2ccc3oc4nccc(-c5ccccc5)c4c3c2)c1)C(C)C. The van der Waals surface area contributed by atoms with Gasteiger partial charge in [-0.15, -0.1) is 0 Å². The summed E-state index contributed by atoms with van der Waals surface area (Å²) in [6, 6.07) is 21.8. The Bertz CT molecular complexity index is 1390. The van der Waals surface area contributed by atoms with Crippen LogP contribution in [0, 0.1) is 5.92 Å². The predicted molar refractivity (Wildman–Crippen MR) is 119 cm³/mol. The fourth-order valence-corrected chi connectivity index (χ4v) is 3.73. The minimum absolute atomic E-state index is 0.137. The van der Waals surface area contributed by atoms with Gasteiger partial charge in [0.1, 0.15) is 5.58 Å². The topological polar surface area (TPSA) is 38.9 Å². The molecule has 5 aromatic rings. The van der Waals surface area contributed by atoms with Gasteiger partial charge in [-0.05, 0) is 65.4 Å². The van der Waals surface area contributed by atoms with E-state index in [0.29, 0.717) is 11.3 Å². The second-order valence-corrected chi connectivity index (χ2v) is 7.45. The first-order valence-corrected chi connectivity index (χ1v) is 9.79. The first-order chi connectivity index (χ1) is 14.9. The van der Waals surface area contributed by atoms with Gasteiger partial charge < -0.3 is 4.42 Å². The van der Waals surface area contributed by atoms with Gasteiger partial charge >= 0.3 is 0 Å². The van der Waals surface area contributed by atoms with Crippen LogP contribution in [0.2, 0.25) is 0 Å². The summed E-state index contributed by atoms with van der Waals surface area (Å²) in [5, 5.41) is 1.94. The summed E-state index contributed by atoms with van der Waals surface area (Å²) in [6.07, 6.45) is 2.03. The Hall–Kier alpha value is -3.46. The molecular weight excluding hydrogens is 356 g/mol. The van der Waals surface area contributed by atoms with Gasteiger partial charge in [0.15, 0.2) is 0 Å². The summed E-state index contributed by atoms with van der Waals surface area (Å²) < 4.78 is 22.9. The van der Waals surface area contributed by atoms with Gasteiger partial charge in [0.05, 0.1) is 11.1 Å². The van der Waals surface area contributed by atoms with E-state index in [9.17, 15) is 0 Å². The van der Waals surface area contributed by atoms with Crippen molar-refractivity contribution in [2.75, 3.05) is 0 Å². The van der Waals surface area contributed by atoms with Gasteiger partial charge in [0, 0.05) is 26.1 Å². The van der Waals surface area contributed by atoms with E-state index in [2.05, 4.69) is 28.2 Å². The molecule has 0 saturated heterocycles. The van der Waals surface area contributed by atoms with Crippen LogP contribution in [0.5, 0.6) is 0 Å². The van der Waals surface area contributed by atoms with Crippen LogP contribution in [0.4, 0.5) is 0 Å². The van der Waals surface area contributed by atoms with Gasteiger partial charge in [-0.3, -0.25) is 4.98 Å². The highest BCUT2D eigenvalue weighted by molar-refractivity contribution is 6.12. The van der Waals surface area contributed by atoms with Crippen molar-refractivity contribution in [2.45, 2.75) is 20.2 Å². The number of hydrogen-bond donors (Lipinski definition) is 0. The molecule has 0 bridgehead atoms. The van der Waals surface area contributed by atoms with Gasteiger partial charge in [-0.25, -0.2) is 4.98 Å². The monoisotopic (exact) mass is 380 g/mol. The minimum Gasteiger partial charge on any atom is -0.438 e. The first kappa shape index (κ1) is 15.5. The number of pyridine rings is 2. The van der Waals surface area contributed by atoms with Crippen LogP contribution in [0.1, 0.15) is 22.2 Å². The van der Waals surface area contributed by atoms with Crippen molar-refractivity contribution in [2.24, 2.45) is 5.92 Å². The molecule has 29 heavy (non-hydrogen) atoms. The molecule has 0 spiro atoms. The van der Waals surface area contributed by atoms with Crippen molar-refractivity contribution in [3.05, 3.63) is 84.7 Å². The number of fused-ring (bicyclic) bond motifs is 3. The second kappa shape index (κ2) is 7.17. The highest BCUT2D eigenvalue weighted by atomic mass is 16.3. The van der Waals surface area contributed by atoms with Crippen molar-refractivity contribution in [1.82, 2.24) is 9.97 Å². The number of hydrogen-bond acceptors (Lipinski definition) is 3. The zero-order valence-corrected chi connectivity index (χ0v) is 16.4. The standard InChI is InChI=1S/C26H22N2O/c1-17(2)14-18-10-12-27-23(15-18)20-8-9-24-22(16-20)25-21(11-13-28-26(25)29-24)19-6-4-3-5-7-19/h3-13,15-17H,14H2,1-2H3/i14D2. The molecule has 0 radical (unpaired) electrons. The van der Waals surface area contributed by atoms with E-state index in [1.165, 1.54) is 0 Å². The predicted octanol–water partition coefficient (Wildman–Crippen LogP) is 6.91. The largest absolute Gasteiger partial charge is 0.438 e. The molecule has 0 aliphatic rings. The maximum Gasteiger partial charge on any atom is 0.227 e. The minimum atomic E-state index is -1.42. The summed E-state index contributed by atoms with van der Waals surface area (Å²) in [4.78, 5) is 8.96. The third-order valence-electron chi connectivity index (χ3n) is 4.97. The average Bonchev–Trinajstić information content (AvgIpc) is 3.17. The normalized spacial score (nSPS) is 13.1. The van der Waals surface area contributed by atoms with E-state index in [-0.39, 0.29) is 5.92 Å². The van der Waals surface area contributed by atoms with Crippen molar-refractivity contribution < 1.29 is 7.16 Å². The van der Waals surface area contributed by atoms with E-state index in [4.69, 9.17) is 7.16 Å². The Labute approximate surface area is 172 Å². The number of aromatic nitrogens is 2. The lowest BCUT2D eigenvalue weighted by Gasteiger charge is -2.07. The molecule has 0 fully saturated rings. The maximum atomic E-state index is 8.43. The van der Waals surface area contributed by atoms with E-state index in [1.807, 2.05) is 56.3 Å².